The van der Waals surface area contributed by atoms with Crippen LogP contribution < -0.4 is 0 Å². The monoisotopic (exact) mass is 213 g/mol. The van der Waals surface area contributed by atoms with Crippen LogP contribution in [-0.2, 0) is 9.53 Å². The normalized spacial score (nSPS) is 26.1. The van der Waals surface area contributed by atoms with E-state index in [1.165, 1.54) is 0 Å². The van der Waals surface area contributed by atoms with Gasteiger partial charge in [-0.05, 0) is 18.8 Å². The molecule has 1 N–H and O–H groups in total. The van der Waals surface area contributed by atoms with Gasteiger partial charge in [0.05, 0.1) is 6.10 Å². The molecular weight excluding hydrogens is 194 g/mol. The molecule has 1 unspecified atom stereocenters. The van der Waals surface area contributed by atoms with Gasteiger partial charge in [0, 0.05) is 32.2 Å². The second-order valence-electron chi connectivity index (χ2n) is 4.64. The van der Waals surface area contributed by atoms with E-state index < -0.39 is 0 Å². The van der Waals surface area contributed by atoms with Gasteiger partial charge < -0.3 is 14.7 Å². The fraction of sp³-hybridized carbons (Fsp3) is 0.909. The molecule has 0 aromatic heterocycles. The maximum atomic E-state index is 11.9. The average molecular weight is 213 g/mol. The highest BCUT2D eigenvalue weighted by molar-refractivity contribution is 5.79. The molecule has 0 aliphatic carbocycles. The minimum Gasteiger partial charge on any atom is -0.389 e. The molecule has 2 rings (SSSR count). The van der Waals surface area contributed by atoms with Gasteiger partial charge in [0.2, 0.25) is 5.91 Å². The van der Waals surface area contributed by atoms with Crippen LogP contribution in [-0.4, -0.2) is 48.3 Å². The number of ether oxygens (including phenoxy) is 1. The number of amides is 1. The second kappa shape index (κ2) is 4.49. The molecule has 0 saturated carbocycles. The number of aliphatic hydroxyl groups excluding tert-OH is 1. The Balaban J connectivity index is 1.83. The second-order valence-corrected chi connectivity index (χ2v) is 4.64. The lowest BCUT2D eigenvalue weighted by Crippen LogP contribution is -2.55. The van der Waals surface area contributed by atoms with E-state index in [2.05, 4.69) is 0 Å². The molecule has 0 radical (unpaired) electrons. The van der Waals surface area contributed by atoms with E-state index in [-0.39, 0.29) is 17.9 Å². The Morgan fingerprint density at radius 2 is 2.00 bits per heavy atom. The van der Waals surface area contributed by atoms with Crippen molar-refractivity contribution in [1.29, 1.82) is 0 Å². The molecule has 2 aliphatic rings. The minimum atomic E-state index is -0.296. The van der Waals surface area contributed by atoms with Crippen molar-refractivity contribution in [3.8, 4) is 0 Å². The number of hydrogen-bond acceptors (Lipinski definition) is 3. The van der Waals surface area contributed by atoms with Crippen LogP contribution in [0.15, 0.2) is 0 Å². The van der Waals surface area contributed by atoms with Gasteiger partial charge in [-0.25, -0.2) is 0 Å². The number of nitrogens with zero attached hydrogens (tertiary/aromatic N) is 1. The van der Waals surface area contributed by atoms with Crippen molar-refractivity contribution < 1.29 is 14.6 Å². The van der Waals surface area contributed by atoms with Crippen molar-refractivity contribution in [2.24, 2.45) is 11.8 Å². The molecule has 86 valence electrons. The van der Waals surface area contributed by atoms with Crippen LogP contribution in [0.2, 0.25) is 0 Å². The van der Waals surface area contributed by atoms with Crippen molar-refractivity contribution >= 4 is 5.91 Å². The molecular formula is C11H19NO3. The number of carbonyl (C=O) groups excluding carboxylic acids is 1. The van der Waals surface area contributed by atoms with E-state index >= 15 is 0 Å². The first kappa shape index (κ1) is 10.9. The highest BCUT2D eigenvalue weighted by Gasteiger charge is 2.35. The first-order valence-corrected chi connectivity index (χ1v) is 5.73. The van der Waals surface area contributed by atoms with Crippen molar-refractivity contribution in [3.63, 3.8) is 0 Å². The van der Waals surface area contributed by atoms with Crippen LogP contribution in [0.3, 0.4) is 0 Å². The lowest BCUT2D eigenvalue weighted by Gasteiger charge is -2.39. The van der Waals surface area contributed by atoms with Gasteiger partial charge in [0.1, 0.15) is 0 Å². The maximum absolute atomic E-state index is 11.9. The Hall–Kier alpha value is -0.610. The molecule has 0 bridgehead atoms. The van der Waals surface area contributed by atoms with Crippen molar-refractivity contribution in [2.75, 3.05) is 26.3 Å². The summed E-state index contributed by atoms with van der Waals surface area (Å²) in [7, 11) is 0. The molecule has 4 heteroatoms. The molecule has 0 aromatic rings. The predicted molar refractivity (Wildman–Crippen MR) is 55.3 cm³/mol. The van der Waals surface area contributed by atoms with Gasteiger partial charge >= 0.3 is 0 Å². The van der Waals surface area contributed by atoms with Crippen LogP contribution in [0.1, 0.15) is 19.8 Å². The molecule has 15 heavy (non-hydrogen) atoms. The summed E-state index contributed by atoms with van der Waals surface area (Å²) in [5, 5.41) is 9.15. The van der Waals surface area contributed by atoms with Crippen LogP contribution in [0.5, 0.6) is 0 Å². The topological polar surface area (TPSA) is 49.8 Å². The number of carbonyl (C=O) groups is 1. The van der Waals surface area contributed by atoms with E-state index in [0.29, 0.717) is 19.0 Å². The van der Waals surface area contributed by atoms with Gasteiger partial charge in [-0.1, -0.05) is 6.92 Å². The average Bonchev–Trinajstić information content (AvgIpc) is 2.24. The summed E-state index contributed by atoms with van der Waals surface area (Å²) >= 11 is 0. The van der Waals surface area contributed by atoms with E-state index in [0.717, 1.165) is 26.1 Å². The number of hydrogen-bond donors (Lipinski definition) is 1. The smallest absolute Gasteiger partial charge is 0.225 e. The Morgan fingerprint density at radius 3 is 2.53 bits per heavy atom. The highest BCUT2D eigenvalue weighted by atomic mass is 16.5. The van der Waals surface area contributed by atoms with E-state index in [1.54, 1.807) is 4.90 Å². The first-order chi connectivity index (χ1) is 7.18. The van der Waals surface area contributed by atoms with Crippen LogP contribution in [0.4, 0.5) is 0 Å². The molecule has 1 amide bonds. The molecule has 2 aliphatic heterocycles. The third kappa shape index (κ3) is 2.32. The van der Waals surface area contributed by atoms with Gasteiger partial charge in [0.15, 0.2) is 0 Å². The molecule has 0 aromatic carbocycles. The maximum Gasteiger partial charge on any atom is 0.225 e. The van der Waals surface area contributed by atoms with Gasteiger partial charge in [-0.3, -0.25) is 4.79 Å². The third-order valence-electron chi connectivity index (χ3n) is 3.54. The zero-order chi connectivity index (χ0) is 10.8. The summed E-state index contributed by atoms with van der Waals surface area (Å²) in [5.41, 5.74) is 0. The number of β-amino-alcohol motifs (C(OH)–C–C–N with tert-alkyl or cyclic N) is 1. The largest absolute Gasteiger partial charge is 0.389 e. The molecule has 2 saturated heterocycles. The van der Waals surface area contributed by atoms with Gasteiger partial charge in [-0.2, -0.15) is 0 Å². The Labute approximate surface area is 90.2 Å². The third-order valence-corrected chi connectivity index (χ3v) is 3.54. The summed E-state index contributed by atoms with van der Waals surface area (Å²) in [4.78, 5) is 13.7. The predicted octanol–water partition coefficient (Wildman–Crippen LogP) is 0.252. The van der Waals surface area contributed by atoms with Gasteiger partial charge in [-0.15, -0.1) is 0 Å². The fourth-order valence-corrected chi connectivity index (χ4v) is 2.34. The highest BCUT2D eigenvalue weighted by Crippen LogP contribution is 2.26. The van der Waals surface area contributed by atoms with Crippen molar-refractivity contribution in [3.05, 3.63) is 0 Å². The van der Waals surface area contributed by atoms with Crippen LogP contribution in [0, 0.1) is 11.8 Å². The summed E-state index contributed by atoms with van der Waals surface area (Å²) in [6.45, 7) is 4.61. The Bertz CT molecular complexity index is 232. The van der Waals surface area contributed by atoms with Crippen LogP contribution in [0.25, 0.3) is 0 Å². The standard InChI is InChI=1S/C11H19NO3/c1-8(9-2-4-15-5-3-9)11(14)12-6-10(13)7-12/h8-10,13H,2-7H2,1H3. The Morgan fingerprint density at radius 1 is 1.40 bits per heavy atom. The van der Waals surface area contributed by atoms with E-state index in [9.17, 15) is 4.79 Å². The zero-order valence-electron chi connectivity index (χ0n) is 9.19. The van der Waals surface area contributed by atoms with E-state index in [1.807, 2.05) is 6.92 Å². The molecule has 4 nitrogen and oxygen atoms in total. The van der Waals surface area contributed by atoms with Crippen LogP contribution >= 0.6 is 0 Å². The molecule has 2 heterocycles. The quantitative estimate of drug-likeness (QED) is 0.715. The lowest BCUT2D eigenvalue weighted by atomic mass is 9.86. The summed E-state index contributed by atoms with van der Waals surface area (Å²) in [6, 6.07) is 0. The minimum absolute atomic E-state index is 0.0846. The first-order valence-electron chi connectivity index (χ1n) is 5.73. The summed E-state index contributed by atoms with van der Waals surface area (Å²) in [5.74, 6) is 0.748. The zero-order valence-corrected chi connectivity index (χ0v) is 9.19. The lowest BCUT2D eigenvalue weighted by molar-refractivity contribution is -0.148. The SMILES string of the molecule is CC(C(=O)N1CC(O)C1)C1CCOCC1. The summed E-state index contributed by atoms with van der Waals surface area (Å²) in [6.07, 6.45) is 1.68. The van der Waals surface area contributed by atoms with Crippen molar-refractivity contribution in [1.82, 2.24) is 4.90 Å². The van der Waals surface area contributed by atoms with Crippen molar-refractivity contribution in [2.45, 2.75) is 25.9 Å². The number of aliphatic hydroxyl groups is 1. The van der Waals surface area contributed by atoms with Gasteiger partial charge in [0.25, 0.3) is 0 Å². The number of likely N-dealkylation sites (tertiary alicyclic amines) is 1. The number of rotatable bonds is 2. The molecule has 2 fully saturated rings. The Kier molecular flexibility index (Phi) is 3.26. The molecule has 1 atom stereocenters. The fourth-order valence-electron chi connectivity index (χ4n) is 2.34. The summed E-state index contributed by atoms with van der Waals surface area (Å²) < 4.78 is 5.28. The molecule has 0 spiro atoms. The van der Waals surface area contributed by atoms with E-state index in [4.69, 9.17) is 9.84 Å².